The fourth-order valence-corrected chi connectivity index (χ4v) is 3.79. The van der Waals surface area contributed by atoms with E-state index in [1.54, 1.807) is 24.3 Å². The van der Waals surface area contributed by atoms with Crippen molar-refractivity contribution in [3.8, 4) is 5.75 Å². The third kappa shape index (κ3) is 6.21. The lowest BCUT2D eigenvalue weighted by Gasteiger charge is -2.20. The van der Waals surface area contributed by atoms with Crippen LogP contribution in [0.2, 0.25) is 0 Å². The molecular weight excluding hydrogens is 420 g/mol. The Labute approximate surface area is 183 Å². The smallest absolute Gasteiger partial charge is 0.338 e. The number of ether oxygens (including phenoxy) is 2. The van der Waals surface area contributed by atoms with Gasteiger partial charge in [-0.25, -0.2) is 13.2 Å². The van der Waals surface area contributed by atoms with Crippen LogP contribution in [0.1, 0.15) is 31.1 Å². The number of hydrogen-bond donors (Lipinski definition) is 1. The second-order valence-corrected chi connectivity index (χ2v) is 9.34. The lowest BCUT2D eigenvalue weighted by Crippen LogP contribution is -2.38. The van der Waals surface area contributed by atoms with Gasteiger partial charge >= 0.3 is 5.97 Å². The van der Waals surface area contributed by atoms with Gasteiger partial charge in [-0.2, -0.15) is 0 Å². The molecule has 1 amide bonds. The molecule has 0 aliphatic carbocycles. The van der Waals surface area contributed by atoms with Crippen LogP contribution in [0.15, 0.2) is 53.4 Å². The van der Waals surface area contributed by atoms with Crippen molar-refractivity contribution in [2.45, 2.75) is 31.7 Å². The summed E-state index contributed by atoms with van der Waals surface area (Å²) < 4.78 is 37.2. The molecule has 9 heteroatoms. The van der Waals surface area contributed by atoms with Crippen molar-refractivity contribution >= 4 is 27.6 Å². The van der Waals surface area contributed by atoms with Crippen LogP contribution < -0.4 is 14.4 Å². The minimum atomic E-state index is -3.92. The van der Waals surface area contributed by atoms with Crippen molar-refractivity contribution in [2.24, 2.45) is 5.92 Å². The van der Waals surface area contributed by atoms with Gasteiger partial charge in [0.25, 0.3) is 15.9 Å². The summed E-state index contributed by atoms with van der Waals surface area (Å²) in [6, 6.07) is 12.0. The van der Waals surface area contributed by atoms with Crippen LogP contribution in [0.25, 0.3) is 0 Å². The average Bonchev–Trinajstić information content (AvgIpc) is 2.76. The predicted octanol–water partition coefficient (Wildman–Crippen LogP) is 2.84. The van der Waals surface area contributed by atoms with E-state index in [2.05, 4.69) is 5.32 Å². The van der Waals surface area contributed by atoms with E-state index >= 15 is 0 Å². The van der Waals surface area contributed by atoms with E-state index in [4.69, 9.17) is 9.47 Å². The number of methoxy groups -OCH3 is 1. The molecule has 0 radical (unpaired) electrons. The Bertz CT molecular complexity index is 1020. The number of sulfonamides is 1. The highest BCUT2D eigenvalue weighted by atomic mass is 32.2. The summed E-state index contributed by atoms with van der Waals surface area (Å²) in [5.74, 6) is -0.357. The molecule has 0 spiro atoms. The Morgan fingerprint density at radius 3 is 2.29 bits per heavy atom. The topological polar surface area (TPSA) is 102 Å². The predicted molar refractivity (Wildman–Crippen MR) is 118 cm³/mol. The maximum Gasteiger partial charge on any atom is 0.338 e. The van der Waals surface area contributed by atoms with Crippen LogP contribution in [0.4, 0.5) is 5.69 Å². The SMILES string of the molecule is COc1ccc(N(C)S(=O)(=O)c2cccc(C(=O)OCC(=O)N[C@H](C)C(C)C)c2)cc1. The minimum Gasteiger partial charge on any atom is -0.497 e. The number of anilines is 1. The summed E-state index contributed by atoms with van der Waals surface area (Å²) in [5, 5.41) is 2.74. The molecule has 0 aliphatic rings. The molecule has 2 aromatic rings. The second kappa shape index (κ2) is 10.3. The summed E-state index contributed by atoms with van der Waals surface area (Å²) >= 11 is 0. The van der Waals surface area contributed by atoms with Gasteiger partial charge in [-0.05, 0) is 55.3 Å². The van der Waals surface area contributed by atoms with E-state index in [1.807, 2.05) is 20.8 Å². The lowest BCUT2D eigenvalue weighted by molar-refractivity contribution is -0.125. The van der Waals surface area contributed by atoms with Gasteiger partial charge < -0.3 is 14.8 Å². The first kappa shape index (κ1) is 24.2. The molecule has 8 nitrogen and oxygen atoms in total. The Morgan fingerprint density at radius 2 is 1.71 bits per heavy atom. The van der Waals surface area contributed by atoms with Gasteiger partial charge in [0.15, 0.2) is 6.61 Å². The molecule has 0 heterocycles. The quantitative estimate of drug-likeness (QED) is 0.592. The van der Waals surface area contributed by atoms with Gasteiger partial charge in [-0.1, -0.05) is 19.9 Å². The first-order valence-corrected chi connectivity index (χ1v) is 11.2. The number of nitrogens with zero attached hydrogens (tertiary/aromatic N) is 1. The molecule has 0 aliphatic heterocycles. The van der Waals surface area contributed by atoms with Crippen molar-refractivity contribution in [1.82, 2.24) is 5.32 Å². The molecule has 0 aromatic heterocycles. The van der Waals surface area contributed by atoms with Crippen LogP contribution in [0.5, 0.6) is 5.75 Å². The van der Waals surface area contributed by atoms with Crippen molar-refractivity contribution in [3.63, 3.8) is 0 Å². The van der Waals surface area contributed by atoms with Crippen LogP contribution in [0, 0.1) is 5.92 Å². The van der Waals surface area contributed by atoms with Crippen LogP contribution >= 0.6 is 0 Å². The highest BCUT2D eigenvalue weighted by molar-refractivity contribution is 7.92. The van der Waals surface area contributed by atoms with Gasteiger partial charge in [0.05, 0.1) is 23.3 Å². The molecule has 0 saturated heterocycles. The summed E-state index contributed by atoms with van der Waals surface area (Å²) in [6.07, 6.45) is 0. The highest BCUT2D eigenvalue weighted by Gasteiger charge is 2.23. The molecule has 2 rings (SSSR count). The Kier molecular flexibility index (Phi) is 8.04. The molecule has 2 aromatic carbocycles. The number of rotatable bonds is 9. The summed E-state index contributed by atoms with van der Waals surface area (Å²) in [7, 11) is -0.977. The van der Waals surface area contributed by atoms with Crippen molar-refractivity contribution < 1.29 is 27.5 Å². The zero-order chi connectivity index (χ0) is 23.2. The first-order chi connectivity index (χ1) is 14.6. The number of hydrogen-bond acceptors (Lipinski definition) is 6. The van der Waals surface area contributed by atoms with Gasteiger partial charge in [-0.3, -0.25) is 9.10 Å². The minimum absolute atomic E-state index is 0.0360. The monoisotopic (exact) mass is 448 g/mol. The van der Waals surface area contributed by atoms with Gasteiger partial charge in [0.1, 0.15) is 5.75 Å². The lowest BCUT2D eigenvalue weighted by atomic mass is 10.1. The van der Waals surface area contributed by atoms with E-state index in [-0.39, 0.29) is 22.4 Å². The van der Waals surface area contributed by atoms with Crippen molar-refractivity contribution in [2.75, 3.05) is 25.1 Å². The molecule has 0 saturated carbocycles. The normalized spacial score (nSPS) is 12.2. The molecule has 1 atom stereocenters. The molecule has 0 unspecified atom stereocenters. The fourth-order valence-electron chi connectivity index (χ4n) is 2.55. The van der Waals surface area contributed by atoms with E-state index < -0.39 is 28.5 Å². The molecule has 168 valence electrons. The van der Waals surface area contributed by atoms with E-state index in [0.717, 1.165) is 4.31 Å². The number of benzene rings is 2. The zero-order valence-electron chi connectivity index (χ0n) is 18.3. The van der Waals surface area contributed by atoms with E-state index in [0.29, 0.717) is 11.4 Å². The third-order valence-electron chi connectivity index (χ3n) is 4.89. The summed E-state index contributed by atoms with van der Waals surface area (Å²) in [5.41, 5.74) is 0.471. The maximum atomic E-state index is 13.0. The maximum absolute atomic E-state index is 13.0. The number of nitrogens with one attached hydrogen (secondary N) is 1. The summed E-state index contributed by atoms with van der Waals surface area (Å²) in [4.78, 5) is 24.2. The highest BCUT2D eigenvalue weighted by Crippen LogP contribution is 2.24. The summed E-state index contributed by atoms with van der Waals surface area (Å²) in [6.45, 7) is 5.34. The van der Waals surface area contributed by atoms with Crippen LogP contribution in [0.3, 0.4) is 0 Å². The Balaban J connectivity index is 2.12. The zero-order valence-corrected chi connectivity index (χ0v) is 19.1. The van der Waals surface area contributed by atoms with Gasteiger partial charge in [0.2, 0.25) is 0 Å². The van der Waals surface area contributed by atoms with E-state index in [1.165, 1.54) is 38.4 Å². The van der Waals surface area contributed by atoms with Crippen molar-refractivity contribution in [1.29, 1.82) is 0 Å². The first-order valence-electron chi connectivity index (χ1n) is 9.75. The second-order valence-electron chi connectivity index (χ2n) is 7.37. The number of esters is 1. The van der Waals surface area contributed by atoms with Gasteiger partial charge in [0, 0.05) is 13.1 Å². The molecule has 0 bridgehead atoms. The average molecular weight is 449 g/mol. The van der Waals surface area contributed by atoms with E-state index in [9.17, 15) is 18.0 Å². The standard InChI is InChI=1S/C22H28N2O6S/c1-15(2)16(3)23-21(25)14-30-22(26)17-7-6-8-20(13-17)31(27,28)24(4)18-9-11-19(29-5)12-10-18/h6-13,15-16H,14H2,1-5H3,(H,23,25)/t16-/m1/s1. The third-order valence-corrected chi connectivity index (χ3v) is 6.67. The Morgan fingerprint density at radius 1 is 1.06 bits per heavy atom. The molecule has 31 heavy (non-hydrogen) atoms. The van der Waals surface area contributed by atoms with Crippen LogP contribution in [-0.2, 0) is 19.6 Å². The Hall–Kier alpha value is -3.07. The van der Waals surface area contributed by atoms with Crippen molar-refractivity contribution in [3.05, 3.63) is 54.1 Å². The molecular formula is C22H28N2O6S. The number of carbonyl (C=O) groups is 2. The molecule has 1 N–H and O–H groups in total. The fraction of sp³-hybridized carbons (Fsp3) is 0.364. The van der Waals surface area contributed by atoms with Gasteiger partial charge in [-0.15, -0.1) is 0 Å². The number of amides is 1. The largest absolute Gasteiger partial charge is 0.497 e. The number of carbonyl (C=O) groups excluding carboxylic acids is 2. The molecule has 0 fully saturated rings. The van der Waals surface area contributed by atoms with Crippen LogP contribution in [-0.4, -0.2) is 47.1 Å².